The van der Waals surface area contributed by atoms with Gasteiger partial charge in [0, 0.05) is 48.7 Å². The fourth-order valence-corrected chi connectivity index (χ4v) is 3.22. The lowest BCUT2D eigenvalue weighted by atomic mass is 9.94. The quantitative estimate of drug-likeness (QED) is 0.583. The molecule has 0 bridgehead atoms. The smallest absolute Gasteiger partial charge is 0.214 e. The lowest BCUT2D eigenvalue weighted by molar-refractivity contribution is -0.107. The molecule has 0 aliphatic heterocycles. The number of halogens is 2. The number of nitrogens with zero attached hydrogens (tertiary/aromatic N) is 4. The Labute approximate surface area is 160 Å². The van der Waals surface area contributed by atoms with E-state index in [9.17, 15) is 18.8 Å². The van der Waals surface area contributed by atoms with Crippen molar-refractivity contribution >= 4 is 17.7 Å². The number of anilines is 1. The zero-order valence-corrected chi connectivity index (χ0v) is 15.4. The number of amides is 1. The summed E-state index contributed by atoms with van der Waals surface area (Å²) in [5.41, 5.74) is 1.09. The number of rotatable bonds is 7. The first-order chi connectivity index (χ1) is 13.5. The third-order valence-electron chi connectivity index (χ3n) is 4.64. The van der Waals surface area contributed by atoms with Crippen LogP contribution in [0, 0.1) is 23.0 Å². The third kappa shape index (κ3) is 3.51. The first-order valence-corrected chi connectivity index (χ1v) is 8.64. The maximum atomic E-state index is 14.5. The van der Waals surface area contributed by atoms with Crippen LogP contribution in [0.25, 0.3) is 5.65 Å². The van der Waals surface area contributed by atoms with Gasteiger partial charge in [-0.05, 0) is 12.5 Å². The molecule has 1 unspecified atom stereocenters. The Kier molecular flexibility index (Phi) is 5.54. The molecule has 1 atom stereocenters. The molecule has 0 fully saturated rings. The Morgan fingerprint density at radius 1 is 1.36 bits per heavy atom. The zero-order valence-electron chi connectivity index (χ0n) is 15.4. The summed E-state index contributed by atoms with van der Waals surface area (Å²) in [6.45, 7) is 1.81. The number of hydrogen-bond acceptors (Lipinski definition) is 4. The fourth-order valence-electron chi connectivity index (χ4n) is 3.22. The molecule has 2 heterocycles. The first-order valence-electron chi connectivity index (χ1n) is 8.64. The summed E-state index contributed by atoms with van der Waals surface area (Å²) in [4.78, 5) is 17.4. The SMILES string of the molecule is CCC(CN(C=O)c1cc(C#N)cn2ccnc12)c1c(F)cc(OC)cc1F. The number of carbonyl (C=O) groups is 1. The van der Waals surface area contributed by atoms with E-state index in [2.05, 4.69) is 4.98 Å². The second kappa shape index (κ2) is 8.05. The Hall–Kier alpha value is -3.47. The summed E-state index contributed by atoms with van der Waals surface area (Å²) in [6.07, 6.45) is 5.76. The molecule has 0 N–H and O–H groups in total. The number of methoxy groups -OCH3 is 1. The van der Waals surface area contributed by atoms with Gasteiger partial charge in [0.15, 0.2) is 5.65 Å². The highest BCUT2D eigenvalue weighted by Crippen LogP contribution is 2.31. The second-order valence-electron chi connectivity index (χ2n) is 6.25. The number of benzene rings is 1. The normalized spacial score (nSPS) is 11.8. The summed E-state index contributed by atoms with van der Waals surface area (Å²) < 4.78 is 35.6. The number of carbonyl (C=O) groups excluding carboxylic acids is 1. The fraction of sp³-hybridized carbons (Fsp3) is 0.250. The van der Waals surface area contributed by atoms with Gasteiger partial charge in [-0.1, -0.05) is 6.92 Å². The Bertz CT molecular complexity index is 1040. The maximum absolute atomic E-state index is 14.5. The molecule has 0 saturated carbocycles. The monoisotopic (exact) mass is 384 g/mol. The lowest BCUT2D eigenvalue weighted by Gasteiger charge is -2.25. The predicted octanol–water partition coefficient (Wildman–Crippen LogP) is 3.65. The standard InChI is InChI=1S/C20H18F2N4O2/c1-3-14(19-16(21)7-15(28-2)8-17(19)22)11-26(12-27)18-6-13(9-23)10-25-5-4-24-20(18)25/h4-8,10,12,14H,3,11H2,1-2H3. The first kappa shape index (κ1) is 19.3. The third-order valence-corrected chi connectivity index (χ3v) is 4.64. The molecule has 3 aromatic rings. The number of nitriles is 1. The molecular weight excluding hydrogens is 366 g/mol. The minimum Gasteiger partial charge on any atom is -0.497 e. The molecule has 1 aromatic carbocycles. The molecule has 28 heavy (non-hydrogen) atoms. The maximum Gasteiger partial charge on any atom is 0.214 e. The average Bonchev–Trinajstić information content (AvgIpc) is 3.17. The van der Waals surface area contributed by atoms with Gasteiger partial charge in [0.05, 0.1) is 18.4 Å². The van der Waals surface area contributed by atoms with Gasteiger partial charge < -0.3 is 14.0 Å². The summed E-state index contributed by atoms with van der Waals surface area (Å²) in [7, 11) is 1.33. The van der Waals surface area contributed by atoms with E-state index in [1.165, 1.54) is 18.1 Å². The molecule has 0 aliphatic rings. The molecule has 2 aromatic heterocycles. The van der Waals surface area contributed by atoms with Crippen LogP contribution in [-0.2, 0) is 4.79 Å². The van der Waals surface area contributed by atoms with Crippen LogP contribution in [0.3, 0.4) is 0 Å². The number of hydrogen-bond donors (Lipinski definition) is 0. The zero-order chi connectivity index (χ0) is 20.3. The van der Waals surface area contributed by atoms with E-state index >= 15 is 0 Å². The van der Waals surface area contributed by atoms with E-state index in [0.29, 0.717) is 29.7 Å². The molecule has 0 aliphatic carbocycles. The van der Waals surface area contributed by atoms with Crippen molar-refractivity contribution in [2.75, 3.05) is 18.6 Å². The lowest BCUT2D eigenvalue weighted by Crippen LogP contribution is -2.28. The molecule has 1 amide bonds. The van der Waals surface area contributed by atoms with Crippen molar-refractivity contribution in [2.45, 2.75) is 19.3 Å². The van der Waals surface area contributed by atoms with Crippen molar-refractivity contribution in [1.29, 1.82) is 5.26 Å². The number of pyridine rings is 1. The minimum absolute atomic E-state index is 0.0254. The number of aromatic nitrogens is 2. The molecule has 0 saturated heterocycles. The Morgan fingerprint density at radius 2 is 2.07 bits per heavy atom. The van der Waals surface area contributed by atoms with Crippen molar-refractivity contribution < 1.29 is 18.3 Å². The second-order valence-corrected chi connectivity index (χ2v) is 6.25. The van der Waals surface area contributed by atoms with Gasteiger partial charge in [-0.2, -0.15) is 5.26 Å². The number of imidazole rings is 1. The van der Waals surface area contributed by atoms with Crippen LogP contribution in [0.15, 0.2) is 36.8 Å². The van der Waals surface area contributed by atoms with Crippen molar-refractivity contribution in [3.8, 4) is 11.8 Å². The topological polar surface area (TPSA) is 70.6 Å². The van der Waals surface area contributed by atoms with Crippen LogP contribution in [0.4, 0.5) is 14.5 Å². The van der Waals surface area contributed by atoms with Crippen LogP contribution < -0.4 is 9.64 Å². The van der Waals surface area contributed by atoms with Crippen molar-refractivity contribution in [3.05, 3.63) is 59.6 Å². The summed E-state index contributed by atoms with van der Waals surface area (Å²) in [5.74, 6) is -1.98. The van der Waals surface area contributed by atoms with Gasteiger partial charge in [-0.15, -0.1) is 0 Å². The summed E-state index contributed by atoms with van der Waals surface area (Å²) in [6, 6.07) is 5.81. The van der Waals surface area contributed by atoms with E-state index in [1.807, 2.05) is 6.07 Å². The highest BCUT2D eigenvalue weighted by molar-refractivity contribution is 5.84. The van der Waals surface area contributed by atoms with Gasteiger partial charge >= 0.3 is 0 Å². The van der Waals surface area contributed by atoms with Gasteiger partial charge in [0.25, 0.3) is 0 Å². The van der Waals surface area contributed by atoms with E-state index in [4.69, 9.17) is 4.74 Å². The predicted molar refractivity (Wildman–Crippen MR) is 99.3 cm³/mol. The summed E-state index contributed by atoms with van der Waals surface area (Å²) in [5, 5.41) is 9.24. The molecular formula is C20H18F2N4O2. The van der Waals surface area contributed by atoms with Gasteiger partial charge in [-0.3, -0.25) is 4.79 Å². The van der Waals surface area contributed by atoms with Crippen LogP contribution in [0.5, 0.6) is 5.75 Å². The van der Waals surface area contributed by atoms with Crippen molar-refractivity contribution in [1.82, 2.24) is 9.38 Å². The molecule has 0 spiro atoms. The van der Waals surface area contributed by atoms with Gasteiger partial charge in [0.2, 0.25) is 6.41 Å². The molecule has 8 heteroatoms. The van der Waals surface area contributed by atoms with E-state index < -0.39 is 17.6 Å². The highest BCUT2D eigenvalue weighted by atomic mass is 19.1. The highest BCUT2D eigenvalue weighted by Gasteiger charge is 2.24. The van der Waals surface area contributed by atoms with Crippen molar-refractivity contribution in [2.24, 2.45) is 0 Å². The van der Waals surface area contributed by atoms with Gasteiger partial charge in [0.1, 0.15) is 23.5 Å². The molecule has 3 rings (SSSR count). The largest absolute Gasteiger partial charge is 0.497 e. The van der Waals surface area contributed by atoms with E-state index in [0.717, 1.165) is 12.1 Å². The molecule has 6 nitrogen and oxygen atoms in total. The van der Waals surface area contributed by atoms with E-state index in [1.54, 1.807) is 29.9 Å². The van der Waals surface area contributed by atoms with Crippen LogP contribution >= 0.6 is 0 Å². The van der Waals surface area contributed by atoms with Crippen LogP contribution in [-0.4, -0.2) is 29.4 Å². The molecule has 144 valence electrons. The number of fused-ring (bicyclic) bond motifs is 1. The van der Waals surface area contributed by atoms with Crippen molar-refractivity contribution in [3.63, 3.8) is 0 Å². The van der Waals surface area contributed by atoms with Gasteiger partial charge in [-0.25, -0.2) is 13.8 Å². The Morgan fingerprint density at radius 3 is 2.64 bits per heavy atom. The minimum atomic E-state index is -0.730. The summed E-state index contributed by atoms with van der Waals surface area (Å²) >= 11 is 0. The molecule has 0 radical (unpaired) electrons. The Balaban J connectivity index is 2.02. The van der Waals surface area contributed by atoms with E-state index in [-0.39, 0.29) is 17.9 Å². The average molecular weight is 384 g/mol. The van der Waals surface area contributed by atoms with Crippen LogP contribution in [0.1, 0.15) is 30.4 Å². The number of ether oxygens (including phenoxy) is 1. The van der Waals surface area contributed by atoms with Crippen LogP contribution in [0.2, 0.25) is 0 Å².